The van der Waals surface area contributed by atoms with Gasteiger partial charge in [-0.1, -0.05) is 37.8 Å². The van der Waals surface area contributed by atoms with Gasteiger partial charge >= 0.3 is 0 Å². The maximum Gasteiger partial charge on any atom is 0.294 e. The number of para-hydroxylation sites is 2. The summed E-state index contributed by atoms with van der Waals surface area (Å²) < 4.78 is 1.34. The lowest BCUT2D eigenvalue weighted by atomic mass is 9.91. The topological polar surface area (TPSA) is 116 Å². The minimum absolute atomic E-state index is 0.0677. The number of amides is 1. The first-order valence-corrected chi connectivity index (χ1v) is 8.85. The van der Waals surface area contributed by atoms with Crippen LogP contribution in [0, 0.1) is 10.1 Å². The monoisotopic (exact) mass is 357 g/mol. The van der Waals surface area contributed by atoms with E-state index in [1.54, 1.807) is 30.5 Å². The van der Waals surface area contributed by atoms with Crippen molar-refractivity contribution in [1.29, 1.82) is 0 Å². The summed E-state index contributed by atoms with van der Waals surface area (Å²) in [5.74, 6) is -0.323. The molecule has 1 heterocycles. The second kappa shape index (κ2) is 7.65. The van der Waals surface area contributed by atoms with Gasteiger partial charge in [-0.3, -0.25) is 14.9 Å². The third-order valence-electron chi connectivity index (χ3n) is 4.85. The lowest BCUT2D eigenvalue weighted by molar-refractivity contribution is -0.384. The van der Waals surface area contributed by atoms with Gasteiger partial charge in [0, 0.05) is 24.3 Å². The Morgan fingerprint density at radius 2 is 1.92 bits per heavy atom. The molecule has 1 aromatic carbocycles. The van der Waals surface area contributed by atoms with Crippen LogP contribution in [0.25, 0.3) is 5.69 Å². The fraction of sp³-hybridized carbons (Fsp3) is 0.444. The summed E-state index contributed by atoms with van der Waals surface area (Å²) in [4.78, 5) is 23.1. The number of nitrogens with two attached hydrogens (primary N) is 1. The fourth-order valence-electron chi connectivity index (χ4n) is 3.35. The highest BCUT2D eigenvalue weighted by Crippen LogP contribution is 2.24. The molecule has 3 rings (SSSR count). The number of hydrogen-bond donors (Lipinski definition) is 2. The van der Waals surface area contributed by atoms with Crippen LogP contribution in [0.5, 0.6) is 0 Å². The standard InChI is InChI=1S/C18H23N5O3/c19-18(10-5-1-2-6-11-18)13-20-17(24)14-9-12-22(21-14)15-7-3-4-8-16(15)23(25)26/h3-4,7-9,12H,1-2,5-6,10-11,13,19H2,(H,20,24). The van der Waals surface area contributed by atoms with E-state index in [9.17, 15) is 14.9 Å². The van der Waals surface area contributed by atoms with Crippen molar-refractivity contribution in [3.05, 3.63) is 52.3 Å². The zero-order chi connectivity index (χ0) is 18.6. The molecule has 0 radical (unpaired) electrons. The van der Waals surface area contributed by atoms with E-state index in [0.29, 0.717) is 12.2 Å². The quantitative estimate of drug-likeness (QED) is 0.485. The number of aromatic nitrogens is 2. The molecular weight excluding hydrogens is 334 g/mol. The van der Waals surface area contributed by atoms with E-state index in [0.717, 1.165) is 25.7 Å². The smallest absolute Gasteiger partial charge is 0.294 e. The van der Waals surface area contributed by atoms with Gasteiger partial charge in [-0.25, -0.2) is 4.68 Å². The van der Waals surface area contributed by atoms with Gasteiger partial charge in [0.2, 0.25) is 0 Å². The van der Waals surface area contributed by atoms with Gasteiger partial charge in [0.15, 0.2) is 5.69 Å². The van der Waals surface area contributed by atoms with Crippen LogP contribution >= 0.6 is 0 Å². The van der Waals surface area contributed by atoms with Crippen LogP contribution in [0.2, 0.25) is 0 Å². The molecule has 1 fully saturated rings. The SMILES string of the molecule is NC1(CNC(=O)c2ccn(-c3ccccc3[N+](=O)[O-])n2)CCCCCC1. The van der Waals surface area contributed by atoms with Gasteiger partial charge in [-0.05, 0) is 25.0 Å². The van der Waals surface area contributed by atoms with Crippen molar-refractivity contribution in [2.45, 2.75) is 44.1 Å². The Hall–Kier alpha value is -2.74. The molecular formula is C18H23N5O3. The molecule has 26 heavy (non-hydrogen) atoms. The highest BCUT2D eigenvalue weighted by atomic mass is 16.6. The highest BCUT2D eigenvalue weighted by Gasteiger charge is 2.27. The van der Waals surface area contributed by atoms with Crippen LogP contribution in [0.15, 0.2) is 36.5 Å². The van der Waals surface area contributed by atoms with Crippen LogP contribution in [0.4, 0.5) is 5.69 Å². The summed E-state index contributed by atoms with van der Waals surface area (Å²) in [5, 5.41) is 18.2. The van der Waals surface area contributed by atoms with E-state index in [1.807, 2.05) is 0 Å². The molecule has 138 valence electrons. The second-order valence-corrected chi connectivity index (χ2v) is 6.85. The van der Waals surface area contributed by atoms with Crippen LogP contribution in [-0.4, -0.2) is 32.7 Å². The Kier molecular flexibility index (Phi) is 5.32. The summed E-state index contributed by atoms with van der Waals surface area (Å²) in [5.41, 5.74) is 6.51. The van der Waals surface area contributed by atoms with E-state index in [1.165, 1.54) is 23.6 Å². The average molecular weight is 357 g/mol. The second-order valence-electron chi connectivity index (χ2n) is 6.85. The molecule has 2 aromatic rings. The van der Waals surface area contributed by atoms with Gasteiger partial charge in [0.25, 0.3) is 11.6 Å². The molecule has 8 heteroatoms. The van der Waals surface area contributed by atoms with Crippen molar-refractivity contribution in [1.82, 2.24) is 15.1 Å². The van der Waals surface area contributed by atoms with Gasteiger partial charge in [-0.15, -0.1) is 0 Å². The predicted molar refractivity (Wildman–Crippen MR) is 97.2 cm³/mol. The van der Waals surface area contributed by atoms with Crippen molar-refractivity contribution in [3.8, 4) is 5.69 Å². The van der Waals surface area contributed by atoms with E-state index in [-0.39, 0.29) is 22.8 Å². The highest BCUT2D eigenvalue weighted by molar-refractivity contribution is 5.92. The Bertz CT molecular complexity index is 794. The first-order valence-electron chi connectivity index (χ1n) is 8.85. The number of nitro benzene ring substituents is 1. The summed E-state index contributed by atoms with van der Waals surface area (Å²) in [6.07, 6.45) is 7.88. The van der Waals surface area contributed by atoms with Crippen LogP contribution in [0.3, 0.4) is 0 Å². The molecule has 8 nitrogen and oxygen atoms in total. The van der Waals surface area contributed by atoms with E-state index in [4.69, 9.17) is 5.73 Å². The van der Waals surface area contributed by atoms with E-state index < -0.39 is 4.92 Å². The van der Waals surface area contributed by atoms with E-state index in [2.05, 4.69) is 10.4 Å². The largest absolute Gasteiger partial charge is 0.349 e. The van der Waals surface area contributed by atoms with Crippen LogP contribution in [0.1, 0.15) is 49.0 Å². The Labute approximate surface area is 151 Å². The van der Waals surface area contributed by atoms with Crippen LogP contribution in [-0.2, 0) is 0 Å². The van der Waals surface area contributed by atoms with Gasteiger partial charge < -0.3 is 11.1 Å². The first kappa shape index (κ1) is 18.1. The zero-order valence-electron chi connectivity index (χ0n) is 14.6. The van der Waals surface area contributed by atoms with Crippen LogP contribution < -0.4 is 11.1 Å². The van der Waals surface area contributed by atoms with Gasteiger partial charge in [-0.2, -0.15) is 5.10 Å². The average Bonchev–Trinajstić information content (AvgIpc) is 3.03. The maximum atomic E-state index is 12.4. The maximum absolute atomic E-state index is 12.4. The molecule has 1 aliphatic carbocycles. The minimum atomic E-state index is -0.471. The molecule has 0 spiro atoms. The molecule has 1 aromatic heterocycles. The molecule has 0 atom stereocenters. The third kappa shape index (κ3) is 4.08. The Balaban J connectivity index is 1.70. The van der Waals surface area contributed by atoms with Crippen molar-refractivity contribution >= 4 is 11.6 Å². The Morgan fingerprint density at radius 3 is 2.62 bits per heavy atom. The van der Waals surface area contributed by atoms with Crippen molar-refractivity contribution < 1.29 is 9.72 Å². The number of nitro groups is 1. The van der Waals surface area contributed by atoms with Crippen molar-refractivity contribution in [2.24, 2.45) is 5.73 Å². The molecule has 0 bridgehead atoms. The number of nitrogens with zero attached hydrogens (tertiary/aromatic N) is 3. The summed E-state index contributed by atoms with van der Waals surface area (Å²) in [6, 6.07) is 7.82. The molecule has 1 amide bonds. The number of carbonyl (C=O) groups is 1. The lowest BCUT2D eigenvalue weighted by Crippen LogP contribution is -2.49. The molecule has 3 N–H and O–H groups in total. The molecule has 1 saturated carbocycles. The van der Waals surface area contributed by atoms with Gasteiger partial charge in [0.05, 0.1) is 4.92 Å². The molecule has 1 aliphatic rings. The Morgan fingerprint density at radius 1 is 1.23 bits per heavy atom. The number of nitrogens with one attached hydrogen (secondary N) is 1. The number of carbonyl (C=O) groups excluding carboxylic acids is 1. The normalized spacial score (nSPS) is 16.7. The molecule has 0 saturated heterocycles. The van der Waals surface area contributed by atoms with E-state index >= 15 is 0 Å². The van der Waals surface area contributed by atoms with Gasteiger partial charge in [0.1, 0.15) is 5.69 Å². The number of hydrogen-bond acceptors (Lipinski definition) is 5. The first-order chi connectivity index (χ1) is 12.5. The fourth-order valence-corrected chi connectivity index (χ4v) is 3.35. The summed E-state index contributed by atoms with van der Waals surface area (Å²) >= 11 is 0. The molecule has 0 unspecified atom stereocenters. The summed E-state index contributed by atoms with van der Waals surface area (Å²) in [7, 11) is 0. The molecule has 0 aliphatic heterocycles. The third-order valence-corrected chi connectivity index (χ3v) is 4.85. The number of rotatable bonds is 5. The number of benzene rings is 1. The van der Waals surface area contributed by atoms with Crippen molar-refractivity contribution in [3.63, 3.8) is 0 Å². The lowest BCUT2D eigenvalue weighted by Gasteiger charge is -2.28. The predicted octanol–water partition coefficient (Wildman–Crippen LogP) is 2.56. The minimum Gasteiger partial charge on any atom is -0.349 e. The van der Waals surface area contributed by atoms with Crippen molar-refractivity contribution in [2.75, 3.05) is 6.54 Å². The summed E-state index contributed by atoms with van der Waals surface area (Å²) in [6.45, 7) is 0.407. The zero-order valence-corrected chi connectivity index (χ0v) is 14.6.